The highest BCUT2D eigenvalue weighted by Crippen LogP contribution is 2.30. The van der Waals surface area contributed by atoms with Crippen molar-refractivity contribution in [3.05, 3.63) is 28.2 Å². The molecule has 1 aliphatic rings. The first-order valence-corrected chi connectivity index (χ1v) is 8.34. The van der Waals surface area contributed by atoms with Gasteiger partial charge in [0.1, 0.15) is 0 Å². The molecule has 1 amide bonds. The molecule has 0 saturated carbocycles. The summed E-state index contributed by atoms with van der Waals surface area (Å²) in [5.41, 5.74) is 2.36. The summed E-state index contributed by atoms with van der Waals surface area (Å²) < 4.78 is 1.06. The Morgan fingerprint density at radius 2 is 2.14 bits per heavy atom. The summed E-state index contributed by atoms with van der Waals surface area (Å²) in [4.78, 5) is 16.0. The standard InChI is InChI=1S/C16H24BrN3O/c1-4-18-12(2)13-6-7-15(14(17)10-13)20-9-5-8-19(3)16(21)11-20/h6-7,10,12,18H,4-5,8-9,11H2,1-3H3. The van der Waals surface area contributed by atoms with Gasteiger partial charge in [-0.05, 0) is 53.5 Å². The van der Waals surface area contributed by atoms with Crippen LogP contribution in [0, 0.1) is 0 Å². The van der Waals surface area contributed by atoms with E-state index in [1.807, 2.05) is 11.9 Å². The van der Waals surface area contributed by atoms with E-state index >= 15 is 0 Å². The van der Waals surface area contributed by atoms with Gasteiger partial charge < -0.3 is 15.1 Å². The fraction of sp³-hybridized carbons (Fsp3) is 0.562. The van der Waals surface area contributed by atoms with Crippen LogP contribution in [-0.2, 0) is 4.79 Å². The van der Waals surface area contributed by atoms with Crippen molar-refractivity contribution in [1.29, 1.82) is 0 Å². The van der Waals surface area contributed by atoms with E-state index in [0.717, 1.165) is 36.2 Å². The van der Waals surface area contributed by atoms with Gasteiger partial charge in [0.2, 0.25) is 5.91 Å². The van der Waals surface area contributed by atoms with Gasteiger partial charge in [-0.15, -0.1) is 0 Å². The lowest BCUT2D eigenvalue weighted by Gasteiger charge is -2.24. The van der Waals surface area contributed by atoms with Gasteiger partial charge in [-0.1, -0.05) is 13.0 Å². The lowest BCUT2D eigenvalue weighted by atomic mass is 10.1. The first-order chi connectivity index (χ1) is 10.0. The van der Waals surface area contributed by atoms with Crippen LogP contribution in [0.15, 0.2) is 22.7 Å². The molecule has 21 heavy (non-hydrogen) atoms. The van der Waals surface area contributed by atoms with E-state index in [2.05, 4.69) is 58.2 Å². The topological polar surface area (TPSA) is 35.6 Å². The minimum atomic E-state index is 0.185. The zero-order valence-corrected chi connectivity index (χ0v) is 14.6. The monoisotopic (exact) mass is 353 g/mol. The van der Waals surface area contributed by atoms with Gasteiger partial charge in [-0.25, -0.2) is 0 Å². The summed E-state index contributed by atoms with van der Waals surface area (Å²) in [5.74, 6) is 0.185. The molecule has 116 valence electrons. The predicted octanol–water partition coefficient (Wildman–Crippen LogP) is 2.79. The van der Waals surface area contributed by atoms with Crippen LogP contribution >= 0.6 is 15.9 Å². The highest BCUT2D eigenvalue weighted by molar-refractivity contribution is 9.10. The molecule has 1 unspecified atom stereocenters. The predicted molar refractivity (Wildman–Crippen MR) is 90.7 cm³/mol. The maximum Gasteiger partial charge on any atom is 0.241 e. The molecule has 5 heteroatoms. The molecule has 1 aromatic rings. The number of halogens is 1. The van der Waals surface area contributed by atoms with Crippen molar-refractivity contribution < 1.29 is 4.79 Å². The molecule has 4 nitrogen and oxygen atoms in total. The highest BCUT2D eigenvalue weighted by Gasteiger charge is 2.21. The third-order valence-corrected chi connectivity index (χ3v) is 4.63. The highest BCUT2D eigenvalue weighted by atomic mass is 79.9. The second kappa shape index (κ2) is 7.27. The first-order valence-electron chi connectivity index (χ1n) is 7.54. The number of rotatable bonds is 4. The van der Waals surface area contributed by atoms with Crippen molar-refractivity contribution in [2.75, 3.05) is 38.1 Å². The van der Waals surface area contributed by atoms with Gasteiger partial charge in [-0.2, -0.15) is 0 Å². The van der Waals surface area contributed by atoms with Gasteiger partial charge in [-0.3, -0.25) is 4.79 Å². The van der Waals surface area contributed by atoms with E-state index < -0.39 is 0 Å². The molecule has 0 radical (unpaired) electrons. The Morgan fingerprint density at radius 3 is 2.81 bits per heavy atom. The summed E-state index contributed by atoms with van der Waals surface area (Å²) in [7, 11) is 1.88. The summed E-state index contributed by atoms with van der Waals surface area (Å²) >= 11 is 3.67. The molecule has 0 spiro atoms. The molecule has 1 saturated heterocycles. The van der Waals surface area contributed by atoms with Crippen LogP contribution in [0.1, 0.15) is 31.9 Å². The number of carbonyl (C=O) groups is 1. The Kier molecular flexibility index (Phi) is 5.65. The second-order valence-corrected chi connectivity index (χ2v) is 6.43. The van der Waals surface area contributed by atoms with Gasteiger partial charge in [0.05, 0.1) is 12.2 Å². The smallest absolute Gasteiger partial charge is 0.241 e. The number of hydrogen-bond acceptors (Lipinski definition) is 3. The normalized spacial score (nSPS) is 17.8. The SMILES string of the molecule is CCNC(C)c1ccc(N2CCCN(C)C(=O)C2)c(Br)c1. The van der Waals surface area contributed by atoms with Gasteiger partial charge in [0.15, 0.2) is 0 Å². The van der Waals surface area contributed by atoms with Crippen LogP contribution in [0.25, 0.3) is 0 Å². The summed E-state index contributed by atoms with van der Waals surface area (Å²) in [6.45, 7) is 7.43. The van der Waals surface area contributed by atoms with Crippen LogP contribution in [0.3, 0.4) is 0 Å². The number of carbonyl (C=O) groups excluding carboxylic acids is 1. The Morgan fingerprint density at radius 1 is 1.38 bits per heavy atom. The van der Waals surface area contributed by atoms with E-state index in [1.54, 1.807) is 0 Å². The van der Waals surface area contributed by atoms with Crippen LogP contribution in [0.2, 0.25) is 0 Å². The molecule has 0 aromatic heterocycles. The van der Waals surface area contributed by atoms with Crippen molar-refractivity contribution in [3.8, 4) is 0 Å². The third kappa shape index (κ3) is 3.98. The van der Waals surface area contributed by atoms with Crippen LogP contribution in [-0.4, -0.2) is 44.0 Å². The van der Waals surface area contributed by atoms with Crippen molar-refractivity contribution in [2.24, 2.45) is 0 Å². The Balaban J connectivity index is 2.18. The number of anilines is 1. The number of nitrogens with one attached hydrogen (secondary N) is 1. The number of hydrogen-bond donors (Lipinski definition) is 1. The molecular formula is C16H24BrN3O. The van der Waals surface area contributed by atoms with Crippen molar-refractivity contribution in [1.82, 2.24) is 10.2 Å². The molecule has 0 aliphatic carbocycles. The Hall–Kier alpha value is -1.07. The van der Waals surface area contributed by atoms with Crippen molar-refractivity contribution in [2.45, 2.75) is 26.3 Å². The number of benzene rings is 1. The number of amides is 1. The van der Waals surface area contributed by atoms with Crippen LogP contribution in [0.4, 0.5) is 5.69 Å². The molecular weight excluding hydrogens is 330 g/mol. The average Bonchev–Trinajstić information content (AvgIpc) is 2.61. The molecule has 1 aliphatic heterocycles. The lowest BCUT2D eigenvalue weighted by Crippen LogP contribution is -2.34. The molecule has 1 aromatic carbocycles. The Bertz CT molecular complexity index is 506. The zero-order valence-electron chi connectivity index (χ0n) is 13.0. The average molecular weight is 354 g/mol. The van der Waals surface area contributed by atoms with Gasteiger partial charge in [0, 0.05) is 30.7 Å². The minimum absolute atomic E-state index is 0.185. The number of nitrogens with zero attached hydrogens (tertiary/aromatic N) is 2. The quantitative estimate of drug-likeness (QED) is 0.903. The third-order valence-electron chi connectivity index (χ3n) is 4.00. The molecule has 1 atom stereocenters. The van der Waals surface area contributed by atoms with E-state index in [4.69, 9.17) is 0 Å². The second-order valence-electron chi connectivity index (χ2n) is 5.58. The molecule has 1 heterocycles. The largest absolute Gasteiger partial charge is 0.361 e. The summed E-state index contributed by atoms with van der Waals surface area (Å²) in [5, 5.41) is 3.42. The van der Waals surface area contributed by atoms with E-state index in [-0.39, 0.29) is 5.91 Å². The molecule has 0 bridgehead atoms. The van der Waals surface area contributed by atoms with Crippen molar-refractivity contribution in [3.63, 3.8) is 0 Å². The molecule has 1 N–H and O–H groups in total. The van der Waals surface area contributed by atoms with Crippen LogP contribution < -0.4 is 10.2 Å². The van der Waals surface area contributed by atoms with Gasteiger partial charge in [0.25, 0.3) is 0 Å². The van der Waals surface area contributed by atoms with Crippen LogP contribution in [0.5, 0.6) is 0 Å². The number of likely N-dealkylation sites (N-methyl/N-ethyl adjacent to an activating group) is 1. The van der Waals surface area contributed by atoms with E-state index in [1.165, 1.54) is 5.56 Å². The maximum atomic E-state index is 12.0. The Labute approximate surface area is 135 Å². The zero-order chi connectivity index (χ0) is 15.4. The lowest BCUT2D eigenvalue weighted by molar-refractivity contribution is -0.127. The maximum absolute atomic E-state index is 12.0. The van der Waals surface area contributed by atoms with Crippen molar-refractivity contribution >= 4 is 27.5 Å². The fourth-order valence-electron chi connectivity index (χ4n) is 2.67. The summed E-state index contributed by atoms with van der Waals surface area (Å²) in [6.07, 6.45) is 1.00. The van der Waals surface area contributed by atoms with Gasteiger partial charge >= 0.3 is 0 Å². The molecule has 2 rings (SSSR count). The van der Waals surface area contributed by atoms with E-state index in [0.29, 0.717) is 12.6 Å². The fourth-order valence-corrected chi connectivity index (χ4v) is 3.31. The minimum Gasteiger partial charge on any atom is -0.361 e. The molecule has 1 fully saturated rings. The van der Waals surface area contributed by atoms with E-state index in [9.17, 15) is 4.79 Å². The summed E-state index contributed by atoms with van der Waals surface area (Å²) in [6, 6.07) is 6.75. The first kappa shape index (κ1) is 16.3.